The number of carboxylic acids is 1. The number of aromatic nitrogens is 2. The van der Waals surface area contributed by atoms with Gasteiger partial charge in [-0.15, -0.1) is 10.2 Å². The second-order valence-corrected chi connectivity index (χ2v) is 5.92. The Bertz CT molecular complexity index is 752. The van der Waals surface area contributed by atoms with Crippen molar-refractivity contribution in [3.05, 3.63) is 42.0 Å². The van der Waals surface area contributed by atoms with Crippen LogP contribution in [0.25, 0.3) is 11.3 Å². The van der Waals surface area contributed by atoms with Gasteiger partial charge in [-0.3, -0.25) is 15.1 Å². The Morgan fingerprint density at radius 2 is 1.76 bits per heavy atom. The highest BCUT2D eigenvalue weighted by Crippen LogP contribution is 2.20. The highest BCUT2D eigenvalue weighted by molar-refractivity contribution is 5.95. The molecule has 1 saturated heterocycles. The zero-order chi connectivity index (χ0) is 17.8. The third kappa shape index (κ3) is 4.10. The molecule has 1 aliphatic rings. The van der Waals surface area contributed by atoms with Crippen LogP contribution in [0, 0.1) is 5.41 Å². The molecule has 8 heteroatoms. The summed E-state index contributed by atoms with van der Waals surface area (Å²) >= 11 is 0. The van der Waals surface area contributed by atoms with Crippen LogP contribution in [0.5, 0.6) is 0 Å². The van der Waals surface area contributed by atoms with Crippen molar-refractivity contribution in [3.63, 3.8) is 0 Å². The lowest BCUT2D eigenvalue weighted by Gasteiger charge is -2.34. The zero-order valence-electron chi connectivity index (χ0n) is 13.7. The van der Waals surface area contributed by atoms with E-state index in [-0.39, 0.29) is 12.4 Å². The minimum atomic E-state index is -0.798. The molecule has 4 N–H and O–H groups in total. The molecule has 1 aromatic carbocycles. The second-order valence-electron chi connectivity index (χ2n) is 5.92. The Hall–Kier alpha value is -3.00. The second kappa shape index (κ2) is 7.27. The first-order chi connectivity index (χ1) is 12.0. The number of hydrogen-bond donors (Lipinski definition) is 3. The molecule has 0 amide bonds. The van der Waals surface area contributed by atoms with Gasteiger partial charge in [-0.05, 0) is 12.1 Å². The van der Waals surface area contributed by atoms with Crippen molar-refractivity contribution in [1.29, 1.82) is 5.41 Å². The van der Waals surface area contributed by atoms with Crippen molar-refractivity contribution in [2.75, 3.05) is 37.6 Å². The van der Waals surface area contributed by atoms with Crippen molar-refractivity contribution in [1.82, 2.24) is 15.1 Å². The van der Waals surface area contributed by atoms with Crippen LogP contribution in [0.15, 0.2) is 36.4 Å². The molecule has 0 atom stereocenters. The molecule has 1 aliphatic heterocycles. The minimum Gasteiger partial charge on any atom is -0.480 e. The number of nitrogen functional groups attached to an aromatic ring is 1. The molecule has 2 heterocycles. The Labute approximate surface area is 145 Å². The fourth-order valence-corrected chi connectivity index (χ4v) is 2.79. The SMILES string of the molecule is N=C(N)c1ccc(-c2ccc(N3CCN(CC(=O)O)CC3)nn2)cc1. The van der Waals surface area contributed by atoms with Crippen LogP contribution >= 0.6 is 0 Å². The normalized spacial score (nSPS) is 15.1. The van der Waals surface area contributed by atoms with E-state index in [2.05, 4.69) is 15.1 Å². The lowest BCUT2D eigenvalue weighted by atomic mass is 10.1. The van der Waals surface area contributed by atoms with Crippen LogP contribution in [0.2, 0.25) is 0 Å². The predicted octanol–water partition coefficient (Wildman–Crippen LogP) is 0.634. The summed E-state index contributed by atoms with van der Waals surface area (Å²) in [4.78, 5) is 14.8. The van der Waals surface area contributed by atoms with Gasteiger partial charge in [0, 0.05) is 37.3 Å². The molecule has 25 heavy (non-hydrogen) atoms. The number of nitrogens with two attached hydrogens (primary N) is 1. The van der Waals surface area contributed by atoms with Gasteiger partial charge in [-0.1, -0.05) is 24.3 Å². The third-order valence-corrected chi connectivity index (χ3v) is 4.20. The summed E-state index contributed by atoms with van der Waals surface area (Å²) in [6.45, 7) is 2.93. The zero-order valence-corrected chi connectivity index (χ0v) is 13.7. The van der Waals surface area contributed by atoms with Gasteiger partial charge >= 0.3 is 5.97 Å². The quantitative estimate of drug-likeness (QED) is 0.539. The Kier molecular flexibility index (Phi) is 4.90. The lowest BCUT2D eigenvalue weighted by molar-refractivity contribution is -0.138. The van der Waals surface area contributed by atoms with E-state index < -0.39 is 5.97 Å². The van der Waals surface area contributed by atoms with Crippen LogP contribution in [0.3, 0.4) is 0 Å². The number of aliphatic carboxylic acids is 1. The highest BCUT2D eigenvalue weighted by atomic mass is 16.4. The number of nitrogens with one attached hydrogen (secondary N) is 1. The standard InChI is InChI=1S/C17H20N6O2/c18-17(19)13-3-1-12(2-4-13)14-5-6-15(21-20-14)23-9-7-22(8-10-23)11-16(24)25/h1-6H,7-11H2,(H3,18,19)(H,24,25). The molecule has 130 valence electrons. The summed E-state index contributed by atoms with van der Waals surface area (Å²) < 4.78 is 0. The first-order valence-corrected chi connectivity index (χ1v) is 8.00. The molecule has 8 nitrogen and oxygen atoms in total. The van der Waals surface area contributed by atoms with Crippen molar-refractivity contribution in [3.8, 4) is 11.3 Å². The predicted molar refractivity (Wildman–Crippen MR) is 94.8 cm³/mol. The average Bonchev–Trinajstić information content (AvgIpc) is 2.62. The van der Waals surface area contributed by atoms with E-state index >= 15 is 0 Å². The molecule has 2 aromatic rings. The molecular formula is C17H20N6O2. The maximum absolute atomic E-state index is 10.8. The van der Waals surface area contributed by atoms with Crippen molar-refractivity contribution >= 4 is 17.6 Å². The lowest BCUT2D eigenvalue weighted by Crippen LogP contribution is -2.48. The summed E-state index contributed by atoms with van der Waals surface area (Å²) in [7, 11) is 0. The van der Waals surface area contributed by atoms with E-state index in [4.69, 9.17) is 16.2 Å². The first kappa shape index (κ1) is 16.8. The molecule has 1 fully saturated rings. The van der Waals surface area contributed by atoms with E-state index in [9.17, 15) is 4.79 Å². The summed E-state index contributed by atoms with van der Waals surface area (Å²) in [6, 6.07) is 11.1. The maximum atomic E-state index is 10.8. The maximum Gasteiger partial charge on any atom is 0.317 e. The van der Waals surface area contributed by atoms with E-state index in [1.54, 1.807) is 12.1 Å². The number of carboxylic acid groups (broad SMARTS) is 1. The molecule has 0 unspecified atom stereocenters. The van der Waals surface area contributed by atoms with E-state index in [0.717, 1.165) is 30.2 Å². The Balaban J connectivity index is 1.64. The van der Waals surface area contributed by atoms with Crippen LogP contribution in [-0.4, -0.2) is 64.7 Å². The van der Waals surface area contributed by atoms with E-state index in [1.807, 2.05) is 29.2 Å². The number of nitrogens with zero attached hydrogens (tertiary/aromatic N) is 4. The average molecular weight is 340 g/mol. The third-order valence-electron chi connectivity index (χ3n) is 4.20. The molecule has 0 spiro atoms. The van der Waals surface area contributed by atoms with E-state index in [1.165, 1.54) is 0 Å². The molecule has 0 aliphatic carbocycles. The minimum absolute atomic E-state index is 0.0371. The number of carbonyl (C=O) groups is 1. The van der Waals surface area contributed by atoms with Gasteiger partial charge in [-0.2, -0.15) is 0 Å². The van der Waals surface area contributed by atoms with Gasteiger partial charge in [0.05, 0.1) is 12.2 Å². The van der Waals surface area contributed by atoms with Crippen LogP contribution in [0.1, 0.15) is 5.56 Å². The van der Waals surface area contributed by atoms with Crippen LogP contribution in [-0.2, 0) is 4.79 Å². The number of rotatable bonds is 5. The summed E-state index contributed by atoms with van der Waals surface area (Å²) in [5.74, 6) is 0.0301. The van der Waals surface area contributed by atoms with Gasteiger partial charge in [0.15, 0.2) is 5.82 Å². The van der Waals surface area contributed by atoms with Crippen molar-refractivity contribution < 1.29 is 9.90 Å². The summed E-state index contributed by atoms with van der Waals surface area (Å²) in [5.41, 5.74) is 7.79. The van der Waals surface area contributed by atoms with Crippen LogP contribution in [0.4, 0.5) is 5.82 Å². The topological polar surface area (TPSA) is 119 Å². The molecule has 3 rings (SSSR count). The molecule has 1 aromatic heterocycles. The van der Waals surface area contributed by atoms with Crippen molar-refractivity contribution in [2.45, 2.75) is 0 Å². The molecule has 0 radical (unpaired) electrons. The van der Waals surface area contributed by atoms with E-state index in [0.29, 0.717) is 18.7 Å². The fraction of sp³-hybridized carbons (Fsp3) is 0.294. The van der Waals surface area contributed by atoms with Gasteiger partial charge in [0.25, 0.3) is 0 Å². The number of amidine groups is 1. The monoisotopic (exact) mass is 340 g/mol. The number of hydrogen-bond acceptors (Lipinski definition) is 6. The van der Waals surface area contributed by atoms with Crippen molar-refractivity contribution in [2.24, 2.45) is 5.73 Å². The first-order valence-electron chi connectivity index (χ1n) is 8.00. The largest absolute Gasteiger partial charge is 0.480 e. The highest BCUT2D eigenvalue weighted by Gasteiger charge is 2.19. The molecule has 0 bridgehead atoms. The Morgan fingerprint density at radius 1 is 1.08 bits per heavy atom. The number of anilines is 1. The van der Waals surface area contributed by atoms with Gasteiger partial charge in [-0.25, -0.2) is 0 Å². The smallest absolute Gasteiger partial charge is 0.317 e. The van der Waals surface area contributed by atoms with Gasteiger partial charge in [0.1, 0.15) is 5.84 Å². The number of piperazine rings is 1. The molecular weight excluding hydrogens is 320 g/mol. The Morgan fingerprint density at radius 3 is 2.28 bits per heavy atom. The summed E-state index contributed by atoms with van der Waals surface area (Å²) in [6.07, 6.45) is 0. The molecule has 0 saturated carbocycles. The van der Waals surface area contributed by atoms with Gasteiger partial charge in [0.2, 0.25) is 0 Å². The summed E-state index contributed by atoms with van der Waals surface area (Å²) in [5, 5.41) is 24.8. The van der Waals surface area contributed by atoms with Crippen LogP contribution < -0.4 is 10.6 Å². The fourth-order valence-electron chi connectivity index (χ4n) is 2.79. The number of benzene rings is 1. The van der Waals surface area contributed by atoms with Gasteiger partial charge < -0.3 is 15.7 Å².